The summed E-state index contributed by atoms with van der Waals surface area (Å²) in [6.07, 6.45) is 1.10. The molecular formula is C19H31N3O5S. The van der Waals surface area contributed by atoms with E-state index in [9.17, 15) is 18.3 Å². The van der Waals surface area contributed by atoms with Gasteiger partial charge in [0.05, 0.1) is 36.2 Å². The fourth-order valence-electron chi connectivity index (χ4n) is 3.19. The summed E-state index contributed by atoms with van der Waals surface area (Å²) in [5.41, 5.74) is 0. The van der Waals surface area contributed by atoms with E-state index in [1.807, 2.05) is 14.1 Å². The Labute approximate surface area is 167 Å². The zero-order chi connectivity index (χ0) is 20.6. The van der Waals surface area contributed by atoms with Crippen LogP contribution in [0.3, 0.4) is 0 Å². The van der Waals surface area contributed by atoms with E-state index in [0.717, 1.165) is 13.0 Å². The largest absolute Gasteiger partial charge is 0.394 e. The maximum atomic E-state index is 12.5. The number of ether oxygens (including phenoxy) is 1. The molecule has 1 aliphatic heterocycles. The number of aliphatic hydroxyl groups excluding tert-OH is 1. The van der Waals surface area contributed by atoms with Gasteiger partial charge in [0.1, 0.15) is 0 Å². The molecule has 3 atom stereocenters. The fourth-order valence-corrected chi connectivity index (χ4v) is 4.51. The number of amides is 1. The monoisotopic (exact) mass is 413 g/mol. The summed E-state index contributed by atoms with van der Waals surface area (Å²) in [5, 5.41) is 12.5. The van der Waals surface area contributed by atoms with Gasteiger partial charge < -0.3 is 20.1 Å². The highest BCUT2D eigenvalue weighted by atomic mass is 32.2. The van der Waals surface area contributed by atoms with Crippen LogP contribution in [0, 0.1) is 0 Å². The lowest BCUT2D eigenvalue weighted by Crippen LogP contribution is -2.51. The van der Waals surface area contributed by atoms with E-state index in [-0.39, 0.29) is 29.9 Å². The zero-order valence-corrected chi connectivity index (χ0v) is 17.3. The summed E-state index contributed by atoms with van der Waals surface area (Å²) in [4.78, 5) is 14.3. The maximum absolute atomic E-state index is 12.5. The lowest BCUT2D eigenvalue weighted by atomic mass is 9.98. The first-order valence-electron chi connectivity index (χ1n) is 9.57. The number of hydrogen-bond acceptors (Lipinski definition) is 6. The first kappa shape index (κ1) is 22.8. The molecule has 1 aromatic carbocycles. The molecule has 1 aliphatic rings. The van der Waals surface area contributed by atoms with Crippen molar-refractivity contribution < 1.29 is 23.1 Å². The predicted octanol–water partition coefficient (Wildman–Crippen LogP) is 0.331. The van der Waals surface area contributed by atoms with E-state index in [1.54, 1.807) is 18.2 Å². The normalized spacial score (nSPS) is 22.9. The molecule has 9 heteroatoms. The van der Waals surface area contributed by atoms with Gasteiger partial charge in [-0.15, -0.1) is 0 Å². The van der Waals surface area contributed by atoms with E-state index in [0.29, 0.717) is 19.4 Å². The van der Waals surface area contributed by atoms with E-state index >= 15 is 0 Å². The van der Waals surface area contributed by atoms with Crippen LogP contribution < -0.4 is 10.0 Å². The van der Waals surface area contributed by atoms with Crippen LogP contribution in [0.15, 0.2) is 35.2 Å². The number of carbonyl (C=O) groups excluding carboxylic acids is 1. The average Bonchev–Trinajstić information content (AvgIpc) is 2.67. The molecule has 1 fully saturated rings. The second-order valence-electron chi connectivity index (χ2n) is 7.31. The highest BCUT2D eigenvalue weighted by Crippen LogP contribution is 2.23. The van der Waals surface area contributed by atoms with Gasteiger partial charge in [-0.1, -0.05) is 18.2 Å². The summed E-state index contributed by atoms with van der Waals surface area (Å²) in [6.45, 7) is 1.19. The number of sulfonamides is 1. The molecule has 0 radical (unpaired) electrons. The molecule has 0 saturated carbocycles. The second-order valence-corrected chi connectivity index (χ2v) is 9.02. The van der Waals surface area contributed by atoms with Crippen LogP contribution in [0.2, 0.25) is 0 Å². The second kappa shape index (κ2) is 10.9. The number of carbonyl (C=O) groups is 1. The van der Waals surface area contributed by atoms with Crippen molar-refractivity contribution in [1.29, 1.82) is 0 Å². The lowest BCUT2D eigenvalue weighted by Gasteiger charge is -2.35. The highest BCUT2D eigenvalue weighted by molar-refractivity contribution is 7.89. The van der Waals surface area contributed by atoms with Gasteiger partial charge >= 0.3 is 0 Å². The summed E-state index contributed by atoms with van der Waals surface area (Å²) in [6, 6.07) is 7.56. The van der Waals surface area contributed by atoms with Crippen molar-refractivity contribution in [3.8, 4) is 0 Å². The molecule has 3 N–H and O–H groups in total. The van der Waals surface area contributed by atoms with Gasteiger partial charge in [0.15, 0.2) is 0 Å². The molecule has 158 valence electrons. The Hall–Kier alpha value is -1.52. The van der Waals surface area contributed by atoms with Gasteiger partial charge in [0.25, 0.3) is 0 Å². The molecule has 1 aromatic rings. The Morgan fingerprint density at radius 2 is 1.96 bits per heavy atom. The van der Waals surface area contributed by atoms with Gasteiger partial charge in [-0.2, -0.15) is 0 Å². The minimum atomic E-state index is -3.69. The molecule has 8 nitrogen and oxygen atoms in total. The smallest absolute Gasteiger partial charge is 0.240 e. The van der Waals surface area contributed by atoms with Crippen LogP contribution >= 0.6 is 0 Å². The number of benzene rings is 1. The SMILES string of the molecule is CN(C)CCCNC(=O)C[C@@H]1CC[C@@H](NS(=O)(=O)c2ccccc2)[C@H](CO)O1. The van der Waals surface area contributed by atoms with Gasteiger partial charge in [-0.25, -0.2) is 13.1 Å². The lowest BCUT2D eigenvalue weighted by molar-refractivity contribution is -0.130. The van der Waals surface area contributed by atoms with Gasteiger partial charge in [-0.3, -0.25) is 4.79 Å². The van der Waals surface area contributed by atoms with Crippen molar-refractivity contribution >= 4 is 15.9 Å². The van der Waals surface area contributed by atoms with Gasteiger partial charge in [0, 0.05) is 6.54 Å². The molecule has 0 aromatic heterocycles. The Morgan fingerprint density at radius 3 is 2.61 bits per heavy atom. The molecule has 1 heterocycles. The Morgan fingerprint density at radius 1 is 1.25 bits per heavy atom. The molecule has 28 heavy (non-hydrogen) atoms. The van der Waals surface area contributed by atoms with Crippen LogP contribution in [-0.4, -0.2) is 76.4 Å². The van der Waals surface area contributed by atoms with Gasteiger partial charge in [0.2, 0.25) is 15.9 Å². The molecule has 0 spiro atoms. The summed E-state index contributed by atoms with van der Waals surface area (Å²) in [7, 11) is 0.273. The first-order valence-corrected chi connectivity index (χ1v) is 11.0. The third kappa shape index (κ3) is 7.14. The van der Waals surface area contributed by atoms with E-state index in [1.165, 1.54) is 12.1 Å². The number of hydrogen-bond donors (Lipinski definition) is 3. The summed E-state index contributed by atoms with van der Waals surface area (Å²) >= 11 is 0. The Balaban J connectivity index is 1.83. The van der Waals surface area contributed by atoms with E-state index in [2.05, 4.69) is 14.9 Å². The predicted molar refractivity (Wildman–Crippen MR) is 106 cm³/mol. The number of nitrogens with zero attached hydrogens (tertiary/aromatic N) is 1. The molecule has 0 bridgehead atoms. The molecule has 0 aliphatic carbocycles. The Bertz CT molecular complexity index is 712. The van der Waals surface area contributed by atoms with Gasteiger partial charge in [-0.05, 0) is 52.0 Å². The molecule has 2 rings (SSSR count). The molecule has 1 saturated heterocycles. The quantitative estimate of drug-likeness (QED) is 0.477. The van der Waals surface area contributed by atoms with Crippen LogP contribution in [0.4, 0.5) is 0 Å². The standard InChI is InChI=1S/C19H31N3O5S/c1-22(2)12-6-11-20-19(24)13-15-9-10-17(18(14-23)27-15)21-28(25,26)16-7-4-3-5-8-16/h3-5,7-8,15,17-18,21,23H,6,9-14H2,1-2H3,(H,20,24)/t15-,17+,18-/m0/s1. The third-order valence-electron chi connectivity index (χ3n) is 4.67. The third-order valence-corrected chi connectivity index (χ3v) is 6.18. The first-order chi connectivity index (χ1) is 13.3. The van der Waals surface area contributed by atoms with Crippen molar-refractivity contribution in [2.24, 2.45) is 0 Å². The van der Waals surface area contributed by atoms with Crippen LogP contribution in [0.5, 0.6) is 0 Å². The van der Waals surface area contributed by atoms with Crippen molar-refractivity contribution in [1.82, 2.24) is 14.9 Å². The van der Waals surface area contributed by atoms with Crippen LogP contribution in [-0.2, 0) is 19.6 Å². The minimum absolute atomic E-state index is 0.0937. The number of aliphatic hydroxyl groups is 1. The van der Waals surface area contributed by atoms with E-state index in [4.69, 9.17) is 4.74 Å². The van der Waals surface area contributed by atoms with E-state index < -0.39 is 22.2 Å². The fraction of sp³-hybridized carbons (Fsp3) is 0.632. The summed E-state index contributed by atoms with van der Waals surface area (Å²) in [5.74, 6) is -0.0937. The topological polar surface area (TPSA) is 108 Å². The van der Waals surface area contributed by atoms with Crippen LogP contribution in [0.1, 0.15) is 25.7 Å². The van der Waals surface area contributed by atoms with Crippen molar-refractivity contribution in [3.63, 3.8) is 0 Å². The van der Waals surface area contributed by atoms with Crippen molar-refractivity contribution in [2.75, 3.05) is 33.8 Å². The molecular weight excluding hydrogens is 382 g/mol. The molecule has 0 unspecified atom stereocenters. The Kier molecular flexibility index (Phi) is 8.84. The molecule has 1 amide bonds. The number of nitrogens with one attached hydrogen (secondary N) is 2. The van der Waals surface area contributed by atoms with Crippen molar-refractivity contribution in [3.05, 3.63) is 30.3 Å². The highest BCUT2D eigenvalue weighted by Gasteiger charge is 2.34. The van der Waals surface area contributed by atoms with Crippen LogP contribution in [0.25, 0.3) is 0 Å². The number of rotatable bonds is 10. The summed E-state index contributed by atoms with van der Waals surface area (Å²) < 4.78 is 33.4. The zero-order valence-electron chi connectivity index (χ0n) is 16.5. The maximum Gasteiger partial charge on any atom is 0.240 e. The minimum Gasteiger partial charge on any atom is -0.394 e. The van der Waals surface area contributed by atoms with Crippen molar-refractivity contribution in [2.45, 2.75) is 48.8 Å². The average molecular weight is 414 g/mol.